The maximum absolute atomic E-state index is 13.1. The van der Waals surface area contributed by atoms with E-state index in [0.717, 1.165) is 18.4 Å². The largest absolute Gasteiger partial charge is 0.342 e. The molecule has 2 N–H and O–H groups in total. The van der Waals surface area contributed by atoms with Gasteiger partial charge in [0.15, 0.2) is 0 Å². The molecular formula is C17H23N3O. The number of likely N-dealkylation sites (N-methyl/N-ethyl adjacent to an activating group) is 1. The molecule has 0 spiro atoms. The van der Waals surface area contributed by atoms with E-state index < -0.39 is 5.41 Å². The van der Waals surface area contributed by atoms with Crippen molar-refractivity contribution in [2.45, 2.75) is 32.1 Å². The fourth-order valence-electron chi connectivity index (χ4n) is 3.47. The summed E-state index contributed by atoms with van der Waals surface area (Å²) >= 11 is 0. The van der Waals surface area contributed by atoms with Crippen molar-refractivity contribution in [1.82, 2.24) is 4.90 Å². The van der Waals surface area contributed by atoms with Gasteiger partial charge < -0.3 is 10.6 Å². The number of nitriles is 1. The molecule has 1 aromatic rings. The minimum Gasteiger partial charge on any atom is -0.342 e. The van der Waals surface area contributed by atoms with Crippen molar-refractivity contribution in [3.05, 3.63) is 35.4 Å². The van der Waals surface area contributed by atoms with Crippen LogP contribution in [0, 0.1) is 17.2 Å². The smallest absolute Gasteiger partial charge is 0.233 e. The second kappa shape index (κ2) is 6.28. The molecule has 1 fully saturated rings. The molecule has 2 rings (SSSR count). The number of carbonyl (C=O) groups excluding carboxylic acids is 1. The van der Waals surface area contributed by atoms with Gasteiger partial charge in [-0.15, -0.1) is 0 Å². The Bertz CT molecular complexity index is 557. The fourth-order valence-corrected chi connectivity index (χ4v) is 3.47. The third-order valence-corrected chi connectivity index (χ3v) is 4.83. The SMILES string of the molecule is CCN(CC)C(=O)[C@@]1(c2ccccc2C#N)CC[C@H]1CN. The van der Waals surface area contributed by atoms with Gasteiger partial charge in [0.2, 0.25) is 5.91 Å². The van der Waals surface area contributed by atoms with Gasteiger partial charge in [0.1, 0.15) is 0 Å². The van der Waals surface area contributed by atoms with E-state index >= 15 is 0 Å². The predicted molar refractivity (Wildman–Crippen MR) is 82.5 cm³/mol. The van der Waals surface area contributed by atoms with Crippen molar-refractivity contribution in [2.24, 2.45) is 11.7 Å². The predicted octanol–water partition coefficient (Wildman–Crippen LogP) is 2.03. The summed E-state index contributed by atoms with van der Waals surface area (Å²) in [6, 6.07) is 9.68. The number of nitrogens with two attached hydrogens (primary N) is 1. The summed E-state index contributed by atoms with van der Waals surface area (Å²) in [5.41, 5.74) is 6.75. The highest BCUT2D eigenvalue weighted by Crippen LogP contribution is 2.50. The maximum atomic E-state index is 13.1. The summed E-state index contributed by atoms with van der Waals surface area (Å²) in [6.45, 7) is 5.82. The number of benzene rings is 1. The molecule has 1 amide bonds. The Morgan fingerprint density at radius 3 is 2.57 bits per heavy atom. The number of nitrogens with zero attached hydrogens (tertiary/aromatic N) is 2. The van der Waals surface area contributed by atoms with E-state index in [-0.39, 0.29) is 11.8 Å². The van der Waals surface area contributed by atoms with E-state index in [9.17, 15) is 10.1 Å². The summed E-state index contributed by atoms with van der Waals surface area (Å²) in [6.07, 6.45) is 1.73. The fraction of sp³-hybridized carbons (Fsp3) is 0.529. The van der Waals surface area contributed by atoms with Crippen molar-refractivity contribution < 1.29 is 4.79 Å². The van der Waals surface area contributed by atoms with Crippen LogP contribution in [0.15, 0.2) is 24.3 Å². The van der Waals surface area contributed by atoms with Crippen LogP contribution >= 0.6 is 0 Å². The van der Waals surface area contributed by atoms with E-state index in [1.165, 1.54) is 0 Å². The first-order chi connectivity index (χ1) is 10.1. The lowest BCUT2D eigenvalue weighted by molar-refractivity contribution is -0.144. The lowest BCUT2D eigenvalue weighted by atomic mass is 9.55. The molecule has 1 saturated carbocycles. The summed E-state index contributed by atoms with van der Waals surface area (Å²) in [4.78, 5) is 15.0. The molecular weight excluding hydrogens is 262 g/mol. The van der Waals surface area contributed by atoms with Crippen LogP contribution in [-0.2, 0) is 10.2 Å². The number of hydrogen-bond donors (Lipinski definition) is 1. The summed E-state index contributed by atoms with van der Waals surface area (Å²) in [5.74, 6) is 0.247. The van der Waals surface area contributed by atoms with Gasteiger partial charge in [-0.25, -0.2) is 0 Å². The Labute approximate surface area is 126 Å². The highest BCUT2D eigenvalue weighted by Gasteiger charge is 2.55. The molecule has 21 heavy (non-hydrogen) atoms. The summed E-state index contributed by atoms with van der Waals surface area (Å²) in [7, 11) is 0. The van der Waals surface area contributed by atoms with E-state index in [0.29, 0.717) is 25.2 Å². The molecule has 0 bridgehead atoms. The average molecular weight is 285 g/mol. The second-order valence-corrected chi connectivity index (χ2v) is 5.58. The van der Waals surface area contributed by atoms with Gasteiger partial charge in [0.05, 0.1) is 17.0 Å². The Morgan fingerprint density at radius 1 is 1.43 bits per heavy atom. The van der Waals surface area contributed by atoms with Crippen LogP contribution in [0.3, 0.4) is 0 Å². The van der Waals surface area contributed by atoms with Crippen molar-refractivity contribution in [3.8, 4) is 6.07 Å². The topological polar surface area (TPSA) is 70.1 Å². The monoisotopic (exact) mass is 285 g/mol. The molecule has 0 saturated heterocycles. The first kappa shape index (κ1) is 15.5. The first-order valence-electron chi connectivity index (χ1n) is 7.64. The highest BCUT2D eigenvalue weighted by molar-refractivity contribution is 5.90. The van der Waals surface area contributed by atoms with E-state index in [2.05, 4.69) is 6.07 Å². The number of rotatable bonds is 5. The molecule has 1 aliphatic carbocycles. The minimum atomic E-state index is -0.604. The Kier molecular flexibility index (Phi) is 4.64. The van der Waals surface area contributed by atoms with Crippen LogP contribution in [0.1, 0.15) is 37.8 Å². The lowest BCUT2D eigenvalue weighted by Gasteiger charge is -2.50. The number of carbonyl (C=O) groups is 1. The zero-order valence-corrected chi connectivity index (χ0v) is 12.8. The van der Waals surface area contributed by atoms with Crippen LogP contribution < -0.4 is 5.73 Å². The zero-order valence-electron chi connectivity index (χ0n) is 12.8. The van der Waals surface area contributed by atoms with Gasteiger partial charge >= 0.3 is 0 Å². The standard InChI is InChI=1S/C17H23N3O/c1-3-20(4-2)16(21)17(10-9-14(17)12-19)15-8-6-5-7-13(15)11-18/h5-8,14H,3-4,9-10,12,19H2,1-2H3/t14-,17-/m0/s1. The Balaban J connectivity index is 2.54. The van der Waals surface area contributed by atoms with Gasteiger partial charge in [0, 0.05) is 13.1 Å². The van der Waals surface area contributed by atoms with E-state index in [1.807, 2.05) is 36.9 Å². The summed E-state index contributed by atoms with van der Waals surface area (Å²) < 4.78 is 0. The number of amides is 1. The third-order valence-electron chi connectivity index (χ3n) is 4.83. The summed E-state index contributed by atoms with van der Waals surface area (Å²) in [5, 5.41) is 9.39. The van der Waals surface area contributed by atoms with Crippen LogP contribution in [-0.4, -0.2) is 30.4 Å². The van der Waals surface area contributed by atoms with Gasteiger partial charge in [-0.3, -0.25) is 4.79 Å². The van der Waals surface area contributed by atoms with Gasteiger partial charge in [-0.05, 0) is 50.8 Å². The van der Waals surface area contributed by atoms with Crippen LogP contribution in [0.4, 0.5) is 0 Å². The third kappa shape index (κ3) is 2.32. The molecule has 112 valence electrons. The molecule has 4 heteroatoms. The van der Waals surface area contributed by atoms with Gasteiger partial charge in [0.25, 0.3) is 0 Å². The number of hydrogen-bond acceptors (Lipinski definition) is 3. The van der Waals surface area contributed by atoms with Crippen LogP contribution in [0.5, 0.6) is 0 Å². The molecule has 4 nitrogen and oxygen atoms in total. The maximum Gasteiger partial charge on any atom is 0.233 e. The molecule has 0 heterocycles. The minimum absolute atomic E-state index is 0.122. The molecule has 0 radical (unpaired) electrons. The molecule has 1 aromatic carbocycles. The Morgan fingerprint density at radius 2 is 2.10 bits per heavy atom. The lowest BCUT2D eigenvalue weighted by Crippen LogP contribution is -2.59. The molecule has 2 atom stereocenters. The molecule has 0 aromatic heterocycles. The van der Waals surface area contributed by atoms with Crippen molar-refractivity contribution in [1.29, 1.82) is 5.26 Å². The molecule has 1 aliphatic rings. The average Bonchev–Trinajstić information content (AvgIpc) is 2.49. The van der Waals surface area contributed by atoms with Gasteiger partial charge in [-0.1, -0.05) is 18.2 Å². The second-order valence-electron chi connectivity index (χ2n) is 5.58. The van der Waals surface area contributed by atoms with E-state index in [1.54, 1.807) is 6.07 Å². The van der Waals surface area contributed by atoms with E-state index in [4.69, 9.17) is 5.73 Å². The van der Waals surface area contributed by atoms with Crippen LogP contribution in [0.2, 0.25) is 0 Å². The van der Waals surface area contributed by atoms with Crippen molar-refractivity contribution in [2.75, 3.05) is 19.6 Å². The molecule has 0 aliphatic heterocycles. The highest BCUT2D eigenvalue weighted by atomic mass is 16.2. The quantitative estimate of drug-likeness (QED) is 0.900. The van der Waals surface area contributed by atoms with Crippen molar-refractivity contribution >= 4 is 5.91 Å². The first-order valence-corrected chi connectivity index (χ1v) is 7.64. The zero-order chi connectivity index (χ0) is 15.5. The normalized spacial score (nSPS) is 24.0. The molecule has 0 unspecified atom stereocenters. The Hall–Kier alpha value is -1.86. The van der Waals surface area contributed by atoms with Crippen LogP contribution in [0.25, 0.3) is 0 Å². The van der Waals surface area contributed by atoms with Gasteiger partial charge in [-0.2, -0.15) is 5.26 Å². The van der Waals surface area contributed by atoms with Crippen molar-refractivity contribution in [3.63, 3.8) is 0 Å².